The Balaban J connectivity index is 1.40. The van der Waals surface area contributed by atoms with Gasteiger partial charge in [0.2, 0.25) is 5.76 Å². The second-order valence-electron chi connectivity index (χ2n) is 6.72. The van der Waals surface area contributed by atoms with E-state index < -0.39 is 0 Å². The van der Waals surface area contributed by atoms with Crippen LogP contribution in [0.15, 0.2) is 23.0 Å². The van der Waals surface area contributed by atoms with Gasteiger partial charge >= 0.3 is 0 Å². The summed E-state index contributed by atoms with van der Waals surface area (Å²) in [6, 6.07) is 1.82. The molecule has 4 rings (SSSR count). The number of imidazole rings is 1. The number of nitrogens with zero attached hydrogens (tertiary/aromatic N) is 4. The Morgan fingerprint density at radius 3 is 3.12 bits per heavy atom. The van der Waals surface area contributed by atoms with Gasteiger partial charge in [-0.25, -0.2) is 4.98 Å². The van der Waals surface area contributed by atoms with Crippen LogP contribution in [0, 0.1) is 5.92 Å². The van der Waals surface area contributed by atoms with Crippen molar-refractivity contribution >= 4 is 5.91 Å². The number of hydrogen-bond donors (Lipinski definition) is 1. The highest BCUT2D eigenvalue weighted by atomic mass is 16.5. The second kappa shape index (κ2) is 6.97. The third kappa shape index (κ3) is 3.32. The van der Waals surface area contributed by atoms with Gasteiger partial charge in [0, 0.05) is 32.3 Å². The van der Waals surface area contributed by atoms with Gasteiger partial charge < -0.3 is 19.1 Å². The van der Waals surface area contributed by atoms with E-state index in [4.69, 9.17) is 9.26 Å². The van der Waals surface area contributed by atoms with E-state index in [2.05, 4.69) is 31.8 Å². The summed E-state index contributed by atoms with van der Waals surface area (Å²) in [5.41, 5.74) is 1.01. The molecule has 2 aliphatic heterocycles. The number of hydrogen-bond acceptors (Lipinski definition) is 6. The van der Waals surface area contributed by atoms with E-state index in [1.165, 1.54) is 6.20 Å². The minimum absolute atomic E-state index is 0.219. The van der Waals surface area contributed by atoms with E-state index in [1.807, 2.05) is 6.20 Å². The average molecular weight is 345 g/mol. The van der Waals surface area contributed by atoms with Crippen LogP contribution < -0.4 is 5.32 Å². The maximum absolute atomic E-state index is 12.0. The summed E-state index contributed by atoms with van der Waals surface area (Å²) in [7, 11) is 0. The van der Waals surface area contributed by atoms with Gasteiger partial charge in [-0.2, -0.15) is 0 Å². The molecule has 0 radical (unpaired) electrons. The molecule has 1 fully saturated rings. The molecule has 25 heavy (non-hydrogen) atoms. The molecule has 0 unspecified atom stereocenters. The third-order valence-electron chi connectivity index (χ3n) is 5.11. The van der Waals surface area contributed by atoms with Gasteiger partial charge in [0.15, 0.2) is 0 Å². The monoisotopic (exact) mass is 345 g/mol. The van der Waals surface area contributed by atoms with Gasteiger partial charge in [-0.15, -0.1) is 0 Å². The van der Waals surface area contributed by atoms with Crippen LogP contribution in [0.5, 0.6) is 0 Å². The summed E-state index contributed by atoms with van der Waals surface area (Å²) < 4.78 is 12.6. The number of carbonyl (C=O) groups is 1. The van der Waals surface area contributed by atoms with E-state index >= 15 is 0 Å². The molecule has 0 bridgehead atoms. The third-order valence-corrected chi connectivity index (χ3v) is 5.11. The lowest BCUT2D eigenvalue weighted by Crippen LogP contribution is -2.40. The molecule has 0 aliphatic carbocycles. The Morgan fingerprint density at radius 1 is 1.44 bits per heavy atom. The average Bonchev–Trinajstić information content (AvgIpc) is 3.37. The number of aromatic nitrogens is 3. The molecule has 2 aromatic rings. The van der Waals surface area contributed by atoms with Crippen molar-refractivity contribution in [2.24, 2.45) is 5.92 Å². The van der Waals surface area contributed by atoms with Gasteiger partial charge in [-0.1, -0.05) is 5.16 Å². The van der Waals surface area contributed by atoms with Gasteiger partial charge in [0.05, 0.1) is 37.3 Å². The van der Waals surface area contributed by atoms with E-state index in [9.17, 15) is 4.79 Å². The van der Waals surface area contributed by atoms with Gasteiger partial charge in [-0.3, -0.25) is 9.69 Å². The normalized spacial score (nSPS) is 23.6. The molecule has 2 aromatic heterocycles. The fourth-order valence-corrected chi connectivity index (χ4v) is 3.64. The highest BCUT2D eigenvalue weighted by Gasteiger charge is 2.29. The maximum Gasteiger partial charge on any atom is 0.290 e. The van der Waals surface area contributed by atoms with Crippen molar-refractivity contribution in [3.8, 4) is 0 Å². The zero-order valence-electron chi connectivity index (χ0n) is 14.4. The first kappa shape index (κ1) is 16.3. The minimum atomic E-state index is -0.264. The van der Waals surface area contributed by atoms with Crippen molar-refractivity contribution < 1.29 is 14.1 Å². The van der Waals surface area contributed by atoms with Gasteiger partial charge in [-0.05, 0) is 19.3 Å². The molecule has 134 valence electrons. The summed E-state index contributed by atoms with van der Waals surface area (Å²) in [4.78, 5) is 19.1. The van der Waals surface area contributed by atoms with Crippen LogP contribution in [0.1, 0.15) is 41.5 Å². The predicted octanol–water partition coefficient (Wildman–Crippen LogP) is 1.21. The molecule has 0 aromatic carbocycles. The fraction of sp³-hybridized carbons (Fsp3) is 0.588. The van der Waals surface area contributed by atoms with Crippen molar-refractivity contribution in [2.45, 2.75) is 32.5 Å². The first-order valence-electron chi connectivity index (χ1n) is 8.77. The molecule has 4 heterocycles. The van der Waals surface area contributed by atoms with E-state index in [1.54, 1.807) is 6.07 Å². The molecule has 2 atom stereocenters. The summed E-state index contributed by atoms with van der Waals surface area (Å²) in [6.07, 6.45) is 4.46. The molecule has 1 N–H and O–H groups in total. The quantitative estimate of drug-likeness (QED) is 0.877. The zero-order valence-corrected chi connectivity index (χ0v) is 14.4. The van der Waals surface area contributed by atoms with Crippen LogP contribution in [0.25, 0.3) is 0 Å². The zero-order chi connectivity index (χ0) is 17.2. The summed E-state index contributed by atoms with van der Waals surface area (Å²) in [5.74, 6) is 1.65. The van der Waals surface area contributed by atoms with Gasteiger partial charge in [0.1, 0.15) is 5.82 Å². The lowest BCUT2D eigenvalue weighted by Gasteiger charge is -2.35. The minimum Gasteiger partial charge on any atom is -0.381 e. The lowest BCUT2D eigenvalue weighted by atomic mass is 10.1. The summed E-state index contributed by atoms with van der Waals surface area (Å²) in [6.45, 7) is 7.32. The van der Waals surface area contributed by atoms with Crippen LogP contribution in [0.4, 0.5) is 0 Å². The fourth-order valence-electron chi connectivity index (χ4n) is 3.64. The second-order valence-corrected chi connectivity index (χ2v) is 6.72. The number of fused-ring (bicyclic) bond motifs is 1. The number of ether oxygens (including phenoxy) is 1. The highest BCUT2D eigenvalue weighted by molar-refractivity contribution is 5.91. The van der Waals surface area contributed by atoms with Crippen LogP contribution in [0.2, 0.25) is 0 Å². The molecular formula is C17H23N5O3. The Bertz CT molecular complexity index is 721. The summed E-state index contributed by atoms with van der Waals surface area (Å²) >= 11 is 0. The van der Waals surface area contributed by atoms with Gasteiger partial charge in [0.25, 0.3) is 5.91 Å². The largest absolute Gasteiger partial charge is 0.381 e. The van der Waals surface area contributed by atoms with Crippen molar-refractivity contribution in [3.63, 3.8) is 0 Å². The van der Waals surface area contributed by atoms with E-state index in [-0.39, 0.29) is 17.7 Å². The smallest absolute Gasteiger partial charge is 0.290 e. The van der Waals surface area contributed by atoms with Crippen molar-refractivity contribution in [1.29, 1.82) is 0 Å². The first-order chi connectivity index (χ1) is 12.2. The maximum atomic E-state index is 12.0. The Morgan fingerprint density at radius 2 is 2.36 bits per heavy atom. The number of rotatable bonds is 5. The van der Waals surface area contributed by atoms with Crippen LogP contribution in [-0.4, -0.2) is 51.8 Å². The molecular weight excluding hydrogens is 322 g/mol. The van der Waals surface area contributed by atoms with Crippen LogP contribution in [0.3, 0.4) is 0 Å². The summed E-state index contributed by atoms with van der Waals surface area (Å²) in [5, 5.41) is 6.41. The highest BCUT2D eigenvalue weighted by Crippen LogP contribution is 2.27. The first-order valence-corrected chi connectivity index (χ1v) is 8.77. The van der Waals surface area contributed by atoms with Crippen molar-refractivity contribution in [3.05, 3.63) is 35.7 Å². The molecule has 1 amide bonds. The molecule has 0 saturated carbocycles. The Labute approximate surface area is 146 Å². The molecule has 1 saturated heterocycles. The Hall–Kier alpha value is -2.19. The predicted molar refractivity (Wildman–Crippen MR) is 88.8 cm³/mol. The molecule has 0 spiro atoms. The van der Waals surface area contributed by atoms with Crippen molar-refractivity contribution in [2.75, 3.05) is 26.3 Å². The lowest BCUT2D eigenvalue weighted by molar-refractivity contribution is 0.0912. The molecule has 8 nitrogen and oxygen atoms in total. The standard InChI is InChI=1S/C17H23N5O3/c1-12-16-18-8-14(9-19-17(23)15-2-4-20-25-15)22(16)6-5-21(12)10-13-3-7-24-11-13/h2,4,8,12-13H,3,5-7,9-11H2,1H3,(H,19,23)/t12-,13+/m0/s1. The van der Waals surface area contributed by atoms with Crippen LogP contribution in [-0.2, 0) is 17.8 Å². The Kier molecular flexibility index (Phi) is 4.54. The topological polar surface area (TPSA) is 85.4 Å². The van der Waals surface area contributed by atoms with E-state index in [0.29, 0.717) is 12.5 Å². The van der Waals surface area contributed by atoms with Crippen molar-refractivity contribution in [1.82, 2.24) is 24.9 Å². The van der Waals surface area contributed by atoms with Crippen LogP contribution >= 0.6 is 0 Å². The molecule has 2 aliphatic rings. The van der Waals surface area contributed by atoms with E-state index in [0.717, 1.165) is 50.8 Å². The molecule has 8 heteroatoms. The SMILES string of the molecule is C[C@H]1c2ncc(CNC(=O)c3ccno3)n2CCN1C[C@H]1CCOC1. The number of carbonyl (C=O) groups excluding carboxylic acids is 1. The number of nitrogens with one attached hydrogen (secondary N) is 1. The number of amides is 1.